The Kier molecular flexibility index (Phi) is 8.67. The van der Waals surface area contributed by atoms with Crippen molar-refractivity contribution < 1.29 is 19.1 Å². The van der Waals surface area contributed by atoms with E-state index in [0.29, 0.717) is 22.6 Å². The number of ether oxygens (including phenoxy) is 2. The molecule has 2 amide bonds. The fourth-order valence-corrected chi connectivity index (χ4v) is 5.62. The van der Waals surface area contributed by atoms with E-state index in [4.69, 9.17) is 9.47 Å². The number of hydrogen-bond donors (Lipinski definition) is 2. The minimum absolute atomic E-state index is 0.0123. The van der Waals surface area contributed by atoms with Crippen molar-refractivity contribution in [2.24, 2.45) is 11.8 Å². The molecule has 35 heavy (non-hydrogen) atoms. The van der Waals surface area contributed by atoms with Crippen molar-refractivity contribution in [1.82, 2.24) is 10.6 Å². The second-order valence-corrected chi connectivity index (χ2v) is 10.1. The number of methoxy groups -OCH3 is 2. The van der Waals surface area contributed by atoms with Crippen molar-refractivity contribution in [3.63, 3.8) is 0 Å². The smallest absolute Gasteiger partial charge is 0.251 e. The Morgan fingerprint density at radius 2 is 1.09 bits per heavy atom. The zero-order valence-electron chi connectivity index (χ0n) is 20.9. The maximum atomic E-state index is 12.6. The van der Waals surface area contributed by atoms with Crippen molar-refractivity contribution in [3.05, 3.63) is 59.7 Å². The van der Waals surface area contributed by atoms with Gasteiger partial charge in [0.15, 0.2) is 0 Å². The van der Waals surface area contributed by atoms with Crippen LogP contribution in [-0.2, 0) is 0 Å². The summed E-state index contributed by atoms with van der Waals surface area (Å²) in [4.78, 5) is 25.2. The third kappa shape index (κ3) is 7.00. The van der Waals surface area contributed by atoms with Crippen molar-refractivity contribution in [2.45, 2.75) is 69.9 Å². The second-order valence-electron chi connectivity index (χ2n) is 10.1. The number of hydrogen-bond acceptors (Lipinski definition) is 4. The number of carbonyl (C=O) groups is 2. The average molecular weight is 479 g/mol. The van der Waals surface area contributed by atoms with Crippen molar-refractivity contribution in [1.29, 1.82) is 0 Å². The fourth-order valence-electron chi connectivity index (χ4n) is 5.62. The summed E-state index contributed by atoms with van der Waals surface area (Å²) in [5.41, 5.74) is 1.31. The summed E-state index contributed by atoms with van der Waals surface area (Å²) in [7, 11) is 3.23. The van der Waals surface area contributed by atoms with Gasteiger partial charge in [-0.25, -0.2) is 0 Å². The van der Waals surface area contributed by atoms with Gasteiger partial charge in [0.1, 0.15) is 11.5 Å². The highest BCUT2D eigenvalue weighted by Crippen LogP contribution is 2.35. The first kappa shape index (κ1) is 25.1. The summed E-state index contributed by atoms with van der Waals surface area (Å²) in [6.45, 7) is 0. The molecule has 4 rings (SSSR count). The van der Waals surface area contributed by atoms with Gasteiger partial charge in [-0.05, 0) is 106 Å². The lowest BCUT2D eigenvalue weighted by Crippen LogP contribution is -2.39. The standard InChI is InChI=1S/C29H38N2O4/c1-34-26-7-3-5-22(18-26)28(32)30-24-13-9-20(10-14-24)17-21-11-15-25(16-12-21)31-29(33)23-6-4-8-27(19-23)35-2/h3-8,18-21,24-25H,9-17H2,1-2H3,(H,30,32)(H,31,33). The molecule has 0 unspecified atom stereocenters. The normalized spacial score (nSPS) is 24.3. The lowest BCUT2D eigenvalue weighted by atomic mass is 9.75. The Morgan fingerprint density at radius 3 is 1.46 bits per heavy atom. The number of amides is 2. The van der Waals surface area contributed by atoms with Crippen LogP contribution in [0, 0.1) is 11.8 Å². The van der Waals surface area contributed by atoms with E-state index in [0.717, 1.165) is 37.5 Å². The summed E-state index contributed by atoms with van der Waals surface area (Å²) in [5.74, 6) is 2.87. The van der Waals surface area contributed by atoms with Crippen LogP contribution in [0.5, 0.6) is 11.5 Å². The van der Waals surface area contributed by atoms with Gasteiger partial charge in [-0.15, -0.1) is 0 Å². The number of carbonyl (C=O) groups excluding carboxylic acids is 2. The minimum atomic E-state index is -0.0123. The molecule has 2 aromatic carbocycles. The highest BCUT2D eigenvalue weighted by molar-refractivity contribution is 5.95. The van der Waals surface area contributed by atoms with E-state index < -0.39 is 0 Å². The highest BCUT2D eigenvalue weighted by Gasteiger charge is 2.28. The molecule has 0 aliphatic heterocycles. The Balaban J connectivity index is 1.15. The van der Waals surface area contributed by atoms with E-state index in [2.05, 4.69) is 10.6 Å². The predicted molar refractivity (Wildman–Crippen MR) is 137 cm³/mol. The Labute approximate surface area is 208 Å². The lowest BCUT2D eigenvalue weighted by Gasteiger charge is -2.34. The third-order valence-electron chi connectivity index (χ3n) is 7.69. The number of rotatable bonds is 8. The van der Waals surface area contributed by atoms with Gasteiger partial charge in [0.2, 0.25) is 0 Å². The van der Waals surface area contributed by atoms with Gasteiger partial charge in [0.25, 0.3) is 11.8 Å². The van der Waals surface area contributed by atoms with Gasteiger partial charge in [-0.1, -0.05) is 12.1 Å². The molecule has 2 aliphatic rings. The molecular formula is C29H38N2O4. The van der Waals surface area contributed by atoms with Crippen LogP contribution in [0.15, 0.2) is 48.5 Å². The molecule has 2 saturated carbocycles. The van der Waals surface area contributed by atoms with Gasteiger partial charge >= 0.3 is 0 Å². The van der Waals surface area contributed by atoms with E-state index in [1.165, 1.54) is 32.1 Å². The first-order chi connectivity index (χ1) is 17.0. The van der Waals surface area contributed by atoms with E-state index >= 15 is 0 Å². The minimum Gasteiger partial charge on any atom is -0.497 e. The molecule has 0 heterocycles. The maximum absolute atomic E-state index is 12.6. The van der Waals surface area contributed by atoms with Crippen LogP contribution in [0.25, 0.3) is 0 Å². The molecule has 0 atom stereocenters. The Bertz CT molecular complexity index is 912. The molecule has 6 nitrogen and oxygen atoms in total. The molecule has 2 fully saturated rings. The number of benzene rings is 2. The molecular weight excluding hydrogens is 440 g/mol. The molecule has 2 aliphatic carbocycles. The van der Waals surface area contributed by atoms with Gasteiger partial charge in [-0.3, -0.25) is 9.59 Å². The first-order valence-electron chi connectivity index (χ1n) is 12.9. The predicted octanol–water partition coefficient (Wildman–Crippen LogP) is 5.37. The summed E-state index contributed by atoms with van der Waals surface area (Å²) in [6.07, 6.45) is 10.2. The average Bonchev–Trinajstić information content (AvgIpc) is 2.91. The molecule has 0 spiro atoms. The van der Waals surface area contributed by atoms with Gasteiger partial charge in [0.05, 0.1) is 14.2 Å². The molecule has 0 bridgehead atoms. The second kappa shape index (κ2) is 12.1. The Morgan fingerprint density at radius 1 is 0.686 bits per heavy atom. The van der Waals surface area contributed by atoms with Crippen LogP contribution >= 0.6 is 0 Å². The van der Waals surface area contributed by atoms with E-state index in [-0.39, 0.29) is 23.9 Å². The van der Waals surface area contributed by atoms with Crippen LogP contribution in [0.2, 0.25) is 0 Å². The molecule has 2 aromatic rings. The quantitative estimate of drug-likeness (QED) is 0.535. The molecule has 0 radical (unpaired) electrons. The third-order valence-corrected chi connectivity index (χ3v) is 7.69. The summed E-state index contributed by atoms with van der Waals surface area (Å²) >= 11 is 0. The molecule has 188 valence electrons. The van der Waals surface area contributed by atoms with Crippen LogP contribution in [0.3, 0.4) is 0 Å². The van der Waals surface area contributed by atoms with Gasteiger partial charge in [0, 0.05) is 23.2 Å². The fraction of sp³-hybridized carbons (Fsp3) is 0.517. The maximum Gasteiger partial charge on any atom is 0.251 e. The van der Waals surface area contributed by atoms with Crippen LogP contribution in [-0.4, -0.2) is 38.1 Å². The van der Waals surface area contributed by atoms with Crippen molar-refractivity contribution >= 4 is 11.8 Å². The van der Waals surface area contributed by atoms with Gasteiger partial charge in [-0.2, -0.15) is 0 Å². The molecule has 0 aromatic heterocycles. The molecule has 0 saturated heterocycles. The summed E-state index contributed by atoms with van der Waals surface area (Å²) in [5, 5.41) is 6.43. The summed E-state index contributed by atoms with van der Waals surface area (Å²) in [6, 6.07) is 15.2. The summed E-state index contributed by atoms with van der Waals surface area (Å²) < 4.78 is 10.5. The number of nitrogens with one attached hydrogen (secondary N) is 2. The zero-order valence-corrected chi connectivity index (χ0v) is 20.9. The van der Waals surface area contributed by atoms with E-state index in [9.17, 15) is 9.59 Å². The lowest BCUT2D eigenvalue weighted by molar-refractivity contribution is 0.0917. The highest BCUT2D eigenvalue weighted by atomic mass is 16.5. The van der Waals surface area contributed by atoms with Crippen molar-refractivity contribution in [3.8, 4) is 11.5 Å². The van der Waals surface area contributed by atoms with E-state index in [1.54, 1.807) is 26.4 Å². The Hall–Kier alpha value is -3.02. The monoisotopic (exact) mass is 478 g/mol. The first-order valence-corrected chi connectivity index (χ1v) is 12.9. The van der Waals surface area contributed by atoms with Gasteiger partial charge < -0.3 is 20.1 Å². The largest absolute Gasteiger partial charge is 0.497 e. The topological polar surface area (TPSA) is 76.7 Å². The van der Waals surface area contributed by atoms with Crippen molar-refractivity contribution in [2.75, 3.05) is 14.2 Å². The van der Waals surface area contributed by atoms with Crippen LogP contribution < -0.4 is 20.1 Å². The SMILES string of the molecule is COc1cccc(C(=O)NC2CCC(CC3CCC(NC(=O)c4cccc(OC)c4)CC3)CC2)c1. The van der Waals surface area contributed by atoms with E-state index in [1.807, 2.05) is 36.4 Å². The molecule has 6 heteroatoms. The van der Waals surface area contributed by atoms with Crippen LogP contribution in [0.4, 0.5) is 0 Å². The van der Waals surface area contributed by atoms with Crippen LogP contribution in [0.1, 0.15) is 78.5 Å². The zero-order chi connectivity index (χ0) is 24.6. The molecule has 2 N–H and O–H groups in total.